The molecule has 68 valence electrons. The smallest absolute Gasteiger partial charge is 0.326 e. The van der Waals surface area contributed by atoms with Gasteiger partial charge in [-0.2, -0.15) is 4.99 Å². The van der Waals surface area contributed by atoms with Gasteiger partial charge in [0.05, 0.1) is 0 Å². The highest BCUT2D eigenvalue weighted by molar-refractivity contribution is 5.70. The lowest BCUT2D eigenvalue weighted by Crippen LogP contribution is -1.97. The van der Waals surface area contributed by atoms with Gasteiger partial charge >= 0.3 is 5.97 Å². The molecule has 0 spiro atoms. The van der Waals surface area contributed by atoms with Gasteiger partial charge in [0, 0.05) is 12.4 Å². The molecule has 0 aliphatic carbocycles. The van der Waals surface area contributed by atoms with Crippen molar-refractivity contribution in [2.24, 2.45) is 4.99 Å². The van der Waals surface area contributed by atoms with Gasteiger partial charge in [0.2, 0.25) is 6.08 Å². The highest BCUT2D eigenvalue weighted by Gasteiger charge is 1.87. The number of aromatic nitrogens is 2. The fraction of sp³-hybridized carbons (Fsp3) is 0.143. The summed E-state index contributed by atoms with van der Waals surface area (Å²) in [6.07, 6.45) is 5.97. The van der Waals surface area contributed by atoms with Crippen molar-refractivity contribution in [3.63, 3.8) is 0 Å². The Bertz CT molecular complexity index is 256. The first kappa shape index (κ1) is 10.9. The second-order valence-electron chi connectivity index (χ2n) is 1.71. The van der Waals surface area contributed by atoms with E-state index in [0.717, 1.165) is 6.08 Å². The zero-order valence-corrected chi connectivity index (χ0v) is 6.62. The summed E-state index contributed by atoms with van der Waals surface area (Å²) >= 11 is 0. The number of carbonyl (C=O) groups excluding carboxylic acids is 1. The van der Waals surface area contributed by atoms with Crippen LogP contribution in [-0.2, 0) is 9.59 Å². The summed E-state index contributed by atoms with van der Waals surface area (Å²) in [6, 6.07) is 1.78. The zero-order chi connectivity index (χ0) is 9.94. The number of carbonyl (C=O) groups is 1. The third-order valence-electron chi connectivity index (χ3n) is 0.756. The van der Waals surface area contributed by atoms with Crippen LogP contribution in [0.2, 0.25) is 0 Å². The maximum absolute atomic E-state index is 9.49. The maximum atomic E-state index is 9.49. The molecule has 0 saturated carbocycles. The third kappa shape index (κ3) is 9.93. The second kappa shape index (κ2) is 8.03. The number of aliphatic carboxylic acids is 1. The summed E-state index contributed by atoms with van der Waals surface area (Å²) in [7, 11) is 0. The van der Waals surface area contributed by atoms with Crippen LogP contribution < -0.4 is 0 Å². The predicted molar refractivity (Wildman–Crippen MR) is 42.7 cm³/mol. The van der Waals surface area contributed by atoms with Crippen molar-refractivity contribution >= 4 is 12.0 Å². The Labute approximate surface area is 74.0 Å². The van der Waals surface area contributed by atoms with Crippen molar-refractivity contribution in [1.29, 1.82) is 0 Å². The van der Waals surface area contributed by atoms with Crippen molar-refractivity contribution < 1.29 is 14.7 Å². The maximum Gasteiger partial charge on any atom is 0.326 e. The van der Waals surface area contributed by atoms with Gasteiger partial charge < -0.3 is 5.11 Å². The average Bonchev–Trinajstić information content (AvgIpc) is 2.18. The molecule has 1 rings (SSSR count). The van der Waals surface area contributed by atoms with Crippen LogP contribution in [0.15, 0.2) is 29.8 Å². The van der Waals surface area contributed by atoms with Gasteiger partial charge in [-0.1, -0.05) is 0 Å². The van der Waals surface area contributed by atoms with Gasteiger partial charge in [0.25, 0.3) is 0 Å². The fourth-order valence-corrected chi connectivity index (χ4v) is 0.353. The standard InChI is InChI=1S/C4H4N2.C3H3NO3/c1-2-5-4-6-3-1;5-2-4-1-3(6)7/h1-4H;1H2,(H,6,7). The van der Waals surface area contributed by atoms with Gasteiger partial charge in [0.1, 0.15) is 12.9 Å². The second-order valence-corrected chi connectivity index (χ2v) is 1.71. The summed E-state index contributed by atoms with van der Waals surface area (Å²) < 4.78 is 0. The van der Waals surface area contributed by atoms with Crippen molar-refractivity contribution in [1.82, 2.24) is 9.97 Å². The van der Waals surface area contributed by atoms with Crippen LogP contribution in [0.3, 0.4) is 0 Å². The molecule has 0 fully saturated rings. The molecule has 1 aromatic heterocycles. The number of hydrogen-bond donors (Lipinski definition) is 1. The predicted octanol–water partition coefficient (Wildman–Crippen LogP) is -0.117. The third-order valence-corrected chi connectivity index (χ3v) is 0.756. The Morgan fingerprint density at radius 1 is 1.46 bits per heavy atom. The minimum absolute atomic E-state index is 0.483. The molecule has 0 bridgehead atoms. The highest BCUT2D eigenvalue weighted by Crippen LogP contribution is 1.66. The van der Waals surface area contributed by atoms with Crippen LogP contribution in [0, 0.1) is 0 Å². The van der Waals surface area contributed by atoms with E-state index < -0.39 is 12.5 Å². The molecule has 1 heterocycles. The summed E-state index contributed by atoms with van der Waals surface area (Å²) in [5.74, 6) is -1.12. The quantitative estimate of drug-likeness (QED) is 0.507. The molecule has 0 aromatic carbocycles. The average molecular weight is 181 g/mol. The van der Waals surface area contributed by atoms with E-state index in [1.807, 2.05) is 0 Å². The first-order chi connectivity index (χ1) is 6.27. The largest absolute Gasteiger partial charge is 0.480 e. The van der Waals surface area contributed by atoms with E-state index in [4.69, 9.17) is 9.90 Å². The van der Waals surface area contributed by atoms with Crippen LogP contribution in [0.5, 0.6) is 0 Å². The normalized spacial score (nSPS) is 7.38. The molecule has 6 nitrogen and oxygen atoms in total. The lowest BCUT2D eigenvalue weighted by molar-refractivity contribution is -0.135. The molecular formula is C7H7N3O3. The van der Waals surface area contributed by atoms with Gasteiger partial charge in [-0.15, -0.1) is 0 Å². The Hall–Kier alpha value is -2.07. The molecule has 1 aromatic rings. The summed E-state index contributed by atoms with van der Waals surface area (Å²) in [4.78, 5) is 28.8. The van der Waals surface area contributed by atoms with Crippen LogP contribution >= 0.6 is 0 Å². The summed E-state index contributed by atoms with van der Waals surface area (Å²) in [6.45, 7) is -0.483. The molecule has 0 amide bonds. The van der Waals surface area contributed by atoms with E-state index in [9.17, 15) is 4.79 Å². The number of nitrogens with zero attached hydrogens (tertiary/aromatic N) is 3. The number of isocyanates is 1. The van der Waals surface area contributed by atoms with Crippen LogP contribution in [0.4, 0.5) is 0 Å². The molecule has 0 radical (unpaired) electrons. The highest BCUT2D eigenvalue weighted by atomic mass is 16.4. The Balaban J connectivity index is 0.000000223. The summed E-state index contributed by atoms with van der Waals surface area (Å²) in [5.41, 5.74) is 0. The molecular weight excluding hydrogens is 174 g/mol. The molecule has 0 atom stereocenters. The van der Waals surface area contributed by atoms with Crippen molar-refractivity contribution in [2.45, 2.75) is 0 Å². The van der Waals surface area contributed by atoms with E-state index in [2.05, 4.69) is 15.0 Å². The van der Waals surface area contributed by atoms with E-state index in [0.29, 0.717) is 0 Å². The minimum atomic E-state index is -1.12. The fourth-order valence-electron chi connectivity index (χ4n) is 0.353. The van der Waals surface area contributed by atoms with Crippen molar-refractivity contribution in [3.8, 4) is 0 Å². The van der Waals surface area contributed by atoms with Gasteiger partial charge in [-0.3, -0.25) is 4.79 Å². The minimum Gasteiger partial charge on any atom is -0.480 e. The van der Waals surface area contributed by atoms with Gasteiger partial charge in [-0.25, -0.2) is 14.8 Å². The molecule has 6 heteroatoms. The molecule has 0 aliphatic rings. The van der Waals surface area contributed by atoms with Gasteiger partial charge in [-0.05, 0) is 6.07 Å². The lowest BCUT2D eigenvalue weighted by atomic mass is 10.7. The topological polar surface area (TPSA) is 92.5 Å². The first-order valence-corrected chi connectivity index (χ1v) is 3.22. The monoisotopic (exact) mass is 181 g/mol. The molecule has 0 aliphatic heterocycles. The van der Waals surface area contributed by atoms with E-state index in [1.54, 1.807) is 18.5 Å². The SMILES string of the molecule is O=C=NCC(=O)O.c1cncnc1. The van der Waals surface area contributed by atoms with E-state index >= 15 is 0 Å². The van der Waals surface area contributed by atoms with Crippen molar-refractivity contribution in [2.75, 3.05) is 6.54 Å². The van der Waals surface area contributed by atoms with E-state index in [-0.39, 0.29) is 0 Å². The number of carboxylic acid groups (broad SMARTS) is 1. The number of rotatable bonds is 2. The molecule has 0 unspecified atom stereocenters. The molecule has 0 saturated heterocycles. The van der Waals surface area contributed by atoms with Crippen LogP contribution in [0.25, 0.3) is 0 Å². The zero-order valence-electron chi connectivity index (χ0n) is 6.62. The summed E-state index contributed by atoms with van der Waals surface area (Å²) in [5, 5.41) is 7.77. The number of hydrogen-bond acceptors (Lipinski definition) is 5. The van der Waals surface area contributed by atoms with Gasteiger partial charge in [0.15, 0.2) is 0 Å². The lowest BCUT2D eigenvalue weighted by Gasteiger charge is -1.73. The first-order valence-electron chi connectivity index (χ1n) is 3.22. The molecule has 1 N–H and O–H groups in total. The Morgan fingerprint density at radius 3 is 2.23 bits per heavy atom. The van der Waals surface area contributed by atoms with Crippen molar-refractivity contribution in [3.05, 3.63) is 24.8 Å². The van der Waals surface area contributed by atoms with E-state index in [1.165, 1.54) is 6.33 Å². The number of carboxylic acids is 1. The Morgan fingerprint density at radius 2 is 2.08 bits per heavy atom. The van der Waals surface area contributed by atoms with Crippen LogP contribution in [-0.4, -0.2) is 33.7 Å². The molecule has 13 heavy (non-hydrogen) atoms. The Kier molecular flexibility index (Phi) is 6.75. The van der Waals surface area contributed by atoms with Crippen LogP contribution in [0.1, 0.15) is 0 Å². The number of aliphatic imine (C=N–C) groups is 1.